The first-order valence-corrected chi connectivity index (χ1v) is 10.9. The monoisotopic (exact) mass is 431 g/mol. The molecule has 1 fully saturated rings. The Balaban J connectivity index is 2.10. The van der Waals surface area contributed by atoms with E-state index >= 15 is 0 Å². The predicted molar refractivity (Wildman–Crippen MR) is 86.7 cm³/mol. The lowest BCUT2D eigenvalue weighted by Gasteiger charge is -2.30. The van der Waals surface area contributed by atoms with Crippen LogP contribution in [0, 0.1) is 0 Å². The van der Waals surface area contributed by atoms with Crippen molar-refractivity contribution in [2.24, 2.45) is 0 Å². The Morgan fingerprint density at radius 2 is 1.91 bits per heavy atom. The molecule has 0 unspecified atom stereocenters. The summed E-state index contributed by atoms with van der Waals surface area (Å²) in [6.45, 7) is 0.576. The second kappa shape index (κ2) is 6.70. The van der Waals surface area contributed by atoms with Crippen molar-refractivity contribution in [2.45, 2.75) is 23.8 Å². The molecule has 1 aromatic rings. The number of hydrogen-bond acceptors (Lipinski definition) is 5. The summed E-state index contributed by atoms with van der Waals surface area (Å²) >= 11 is 9.00. The number of pyridine rings is 1. The van der Waals surface area contributed by atoms with E-state index in [9.17, 15) is 16.8 Å². The third-order valence-electron chi connectivity index (χ3n) is 3.31. The first-order valence-electron chi connectivity index (χ1n) is 6.38. The Hall–Kier alpha value is -0.260. The summed E-state index contributed by atoms with van der Waals surface area (Å²) in [7, 11) is -7.05. The highest BCUT2D eigenvalue weighted by Crippen LogP contribution is 2.24. The maximum Gasteiger partial charge on any atom is 0.243 e. The van der Waals surface area contributed by atoms with Crippen molar-refractivity contribution < 1.29 is 16.8 Å². The second-order valence-electron chi connectivity index (χ2n) is 5.00. The molecular formula is C11H15BrClN3O4S2. The molecule has 0 spiro atoms. The largest absolute Gasteiger partial charge is 0.243 e. The van der Waals surface area contributed by atoms with E-state index in [0.717, 1.165) is 6.26 Å². The zero-order valence-corrected chi connectivity index (χ0v) is 15.6. The second-order valence-corrected chi connectivity index (χ2v) is 9.94. The summed E-state index contributed by atoms with van der Waals surface area (Å²) in [5.41, 5.74) is 0. The highest BCUT2D eigenvalue weighted by Gasteiger charge is 2.29. The van der Waals surface area contributed by atoms with Gasteiger partial charge in [0.25, 0.3) is 0 Å². The zero-order valence-electron chi connectivity index (χ0n) is 11.7. The molecule has 2 rings (SSSR count). The number of nitrogens with one attached hydrogen (secondary N) is 1. The van der Waals surface area contributed by atoms with E-state index < -0.39 is 20.0 Å². The van der Waals surface area contributed by atoms with Crippen molar-refractivity contribution in [2.75, 3.05) is 19.3 Å². The number of halogens is 2. The number of rotatable bonds is 4. The van der Waals surface area contributed by atoms with Gasteiger partial charge in [0.15, 0.2) is 0 Å². The minimum Gasteiger partial charge on any atom is -0.242 e. The van der Waals surface area contributed by atoms with E-state index in [1.165, 1.54) is 16.6 Å². The Morgan fingerprint density at radius 1 is 1.32 bits per heavy atom. The highest BCUT2D eigenvalue weighted by atomic mass is 79.9. The summed E-state index contributed by atoms with van der Waals surface area (Å²) < 4.78 is 52.0. The Morgan fingerprint density at radius 3 is 2.45 bits per heavy atom. The molecule has 1 saturated heterocycles. The van der Waals surface area contributed by atoms with Crippen LogP contribution < -0.4 is 4.72 Å². The summed E-state index contributed by atoms with van der Waals surface area (Å²) in [6.07, 6.45) is 3.37. The molecule has 1 N–H and O–H groups in total. The lowest BCUT2D eigenvalue weighted by Crippen LogP contribution is -2.46. The number of sulfonamides is 2. The van der Waals surface area contributed by atoms with Crippen LogP contribution in [-0.2, 0) is 20.0 Å². The Bertz CT molecular complexity index is 762. The molecule has 0 bridgehead atoms. The van der Waals surface area contributed by atoms with Gasteiger partial charge < -0.3 is 0 Å². The van der Waals surface area contributed by atoms with Gasteiger partial charge in [-0.2, -0.15) is 0 Å². The minimum absolute atomic E-state index is 0.103. The highest BCUT2D eigenvalue weighted by molar-refractivity contribution is 9.10. The summed E-state index contributed by atoms with van der Waals surface area (Å²) in [6, 6.07) is 1.04. The normalized spacial score (nSPS) is 18.5. The van der Waals surface area contributed by atoms with Crippen molar-refractivity contribution in [3.63, 3.8) is 0 Å². The van der Waals surface area contributed by atoms with Crippen molar-refractivity contribution >= 4 is 47.6 Å². The van der Waals surface area contributed by atoms with Gasteiger partial charge in [0.05, 0.1) is 6.26 Å². The fourth-order valence-corrected chi connectivity index (χ4v) is 5.30. The van der Waals surface area contributed by atoms with E-state index in [0.29, 0.717) is 17.3 Å². The molecule has 0 aromatic carbocycles. The number of aromatic nitrogens is 1. The van der Waals surface area contributed by atoms with Crippen molar-refractivity contribution in [1.29, 1.82) is 0 Å². The van der Waals surface area contributed by atoms with Crippen LogP contribution in [0.4, 0.5) is 0 Å². The molecule has 0 atom stereocenters. The van der Waals surface area contributed by atoms with E-state index in [1.54, 1.807) is 0 Å². The van der Waals surface area contributed by atoms with Gasteiger partial charge in [-0.25, -0.2) is 30.8 Å². The van der Waals surface area contributed by atoms with Crippen LogP contribution >= 0.6 is 27.5 Å². The Kier molecular flexibility index (Phi) is 5.50. The molecule has 0 aliphatic carbocycles. The van der Waals surface area contributed by atoms with Crippen LogP contribution in [0.25, 0.3) is 0 Å². The standard InChI is InChI=1S/C11H15BrClN3O4S2/c1-21(17,18)16-4-2-9(3-5-16)15-22(19,20)10-6-8(12)7-14-11(10)13/h6-7,9,15H,2-5H2,1H3. The van der Waals surface area contributed by atoms with Gasteiger partial charge >= 0.3 is 0 Å². The number of piperidine rings is 1. The zero-order chi connectivity index (χ0) is 16.5. The maximum absolute atomic E-state index is 12.4. The van der Waals surface area contributed by atoms with Crippen molar-refractivity contribution in [1.82, 2.24) is 14.0 Å². The lowest BCUT2D eigenvalue weighted by molar-refractivity contribution is 0.310. The maximum atomic E-state index is 12.4. The molecule has 11 heteroatoms. The molecule has 2 heterocycles. The molecule has 0 radical (unpaired) electrons. The van der Waals surface area contributed by atoms with Crippen LogP contribution in [0.2, 0.25) is 5.15 Å². The molecule has 0 amide bonds. The van der Waals surface area contributed by atoms with Crippen LogP contribution in [0.1, 0.15) is 12.8 Å². The molecule has 124 valence electrons. The smallest absolute Gasteiger partial charge is 0.242 e. The number of hydrogen-bond donors (Lipinski definition) is 1. The van der Waals surface area contributed by atoms with Gasteiger partial charge in [0.2, 0.25) is 20.0 Å². The molecule has 1 aliphatic rings. The topological polar surface area (TPSA) is 96.4 Å². The van der Waals surface area contributed by atoms with E-state index in [1.807, 2.05) is 0 Å². The average molecular weight is 433 g/mol. The minimum atomic E-state index is -3.81. The van der Waals surface area contributed by atoms with Crippen molar-refractivity contribution in [3.8, 4) is 0 Å². The molecule has 0 saturated carbocycles. The SMILES string of the molecule is CS(=O)(=O)N1CCC(NS(=O)(=O)c2cc(Br)cnc2Cl)CC1. The van der Waals surface area contributed by atoms with Crippen LogP contribution in [-0.4, -0.2) is 51.5 Å². The first-order chi connectivity index (χ1) is 10.1. The van der Waals surface area contributed by atoms with Gasteiger partial charge in [-0.3, -0.25) is 0 Å². The van der Waals surface area contributed by atoms with Crippen LogP contribution in [0.3, 0.4) is 0 Å². The third-order valence-corrected chi connectivity index (χ3v) is 6.99. The van der Waals surface area contributed by atoms with E-state index in [-0.39, 0.29) is 29.2 Å². The van der Waals surface area contributed by atoms with E-state index in [2.05, 4.69) is 25.6 Å². The third kappa shape index (κ3) is 4.39. The molecule has 1 aliphatic heterocycles. The Labute approximate surface area is 143 Å². The summed E-state index contributed by atoms with van der Waals surface area (Å²) in [4.78, 5) is 3.69. The fourth-order valence-electron chi connectivity index (χ4n) is 2.18. The van der Waals surface area contributed by atoms with Gasteiger partial charge in [-0.1, -0.05) is 11.6 Å². The first kappa shape index (κ1) is 18.1. The summed E-state index contributed by atoms with van der Waals surface area (Å²) in [5, 5.41) is -0.107. The lowest BCUT2D eigenvalue weighted by atomic mass is 10.1. The summed E-state index contributed by atoms with van der Waals surface area (Å²) in [5.74, 6) is 0. The van der Waals surface area contributed by atoms with Gasteiger partial charge in [-0.05, 0) is 34.8 Å². The van der Waals surface area contributed by atoms with Crippen LogP contribution in [0.5, 0.6) is 0 Å². The molecular weight excluding hydrogens is 418 g/mol. The van der Waals surface area contributed by atoms with Gasteiger partial charge in [0.1, 0.15) is 10.0 Å². The average Bonchev–Trinajstić information content (AvgIpc) is 2.40. The molecule has 7 nitrogen and oxygen atoms in total. The van der Waals surface area contributed by atoms with Crippen LogP contribution in [0.15, 0.2) is 21.6 Å². The van der Waals surface area contributed by atoms with Gasteiger partial charge in [-0.15, -0.1) is 0 Å². The van der Waals surface area contributed by atoms with Crippen molar-refractivity contribution in [3.05, 3.63) is 21.9 Å². The quantitative estimate of drug-likeness (QED) is 0.721. The number of nitrogens with zero attached hydrogens (tertiary/aromatic N) is 2. The molecule has 22 heavy (non-hydrogen) atoms. The predicted octanol–water partition coefficient (Wildman–Crippen LogP) is 1.20. The molecule has 1 aromatic heterocycles. The van der Waals surface area contributed by atoms with Gasteiger partial charge in [0, 0.05) is 29.8 Å². The van der Waals surface area contributed by atoms with E-state index in [4.69, 9.17) is 11.6 Å². The fraction of sp³-hybridized carbons (Fsp3) is 0.545.